The fourth-order valence-electron chi connectivity index (χ4n) is 1.89. The molecule has 0 radical (unpaired) electrons. The zero-order valence-electron chi connectivity index (χ0n) is 11.5. The molecule has 0 aliphatic carbocycles. The Labute approximate surface area is 112 Å². The molecule has 106 valence electrons. The van der Waals surface area contributed by atoms with Crippen molar-refractivity contribution in [2.24, 2.45) is 0 Å². The lowest BCUT2D eigenvalue weighted by Gasteiger charge is -2.27. The van der Waals surface area contributed by atoms with Crippen LogP contribution < -0.4 is 4.74 Å². The predicted octanol–water partition coefficient (Wildman–Crippen LogP) is 2.52. The molecule has 0 aliphatic heterocycles. The van der Waals surface area contributed by atoms with Gasteiger partial charge in [-0.1, -0.05) is 6.92 Å². The summed E-state index contributed by atoms with van der Waals surface area (Å²) >= 11 is 0. The number of methoxy groups -OCH3 is 1. The van der Waals surface area contributed by atoms with Crippen LogP contribution >= 0.6 is 0 Å². The third kappa shape index (κ3) is 4.52. The maximum atomic E-state index is 13.3. The van der Waals surface area contributed by atoms with Crippen LogP contribution in [-0.4, -0.2) is 35.7 Å². The van der Waals surface area contributed by atoms with E-state index in [4.69, 9.17) is 9.84 Å². The molecule has 0 fully saturated rings. The molecule has 0 bridgehead atoms. The number of nitrogens with zero attached hydrogens (tertiary/aromatic N) is 1. The molecule has 0 heterocycles. The molecule has 19 heavy (non-hydrogen) atoms. The second kappa shape index (κ2) is 7.09. The molecule has 1 aromatic carbocycles. The lowest BCUT2D eigenvalue weighted by molar-refractivity contribution is -0.139. The van der Waals surface area contributed by atoms with E-state index in [1.807, 2.05) is 13.8 Å². The minimum atomic E-state index is -0.893. The zero-order valence-corrected chi connectivity index (χ0v) is 11.5. The zero-order chi connectivity index (χ0) is 14.4. The van der Waals surface area contributed by atoms with Crippen LogP contribution in [0, 0.1) is 5.82 Å². The molecule has 0 aromatic heterocycles. The highest BCUT2D eigenvalue weighted by Gasteiger charge is 2.18. The average molecular weight is 269 g/mol. The van der Waals surface area contributed by atoms with Gasteiger partial charge in [-0.15, -0.1) is 0 Å². The number of halogens is 1. The van der Waals surface area contributed by atoms with E-state index in [9.17, 15) is 9.18 Å². The van der Waals surface area contributed by atoms with Crippen molar-refractivity contribution in [3.05, 3.63) is 29.6 Å². The highest BCUT2D eigenvalue weighted by atomic mass is 19.1. The Morgan fingerprint density at radius 3 is 2.74 bits per heavy atom. The Bertz CT molecular complexity index is 437. The standard InChI is InChI=1S/C14H20FNO3/c1-4-10(2)16(9-14(17)18)8-11-7-12(15)5-6-13(11)19-3/h5-7,10H,4,8-9H2,1-3H3,(H,17,18). The molecule has 0 spiro atoms. The summed E-state index contributed by atoms with van der Waals surface area (Å²) < 4.78 is 18.5. The molecule has 0 aliphatic rings. The van der Waals surface area contributed by atoms with Gasteiger partial charge in [0.25, 0.3) is 0 Å². The third-order valence-corrected chi connectivity index (χ3v) is 3.17. The summed E-state index contributed by atoms with van der Waals surface area (Å²) in [6.07, 6.45) is 0.824. The largest absolute Gasteiger partial charge is 0.496 e. The maximum Gasteiger partial charge on any atom is 0.317 e. The molecule has 1 atom stereocenters. The number of benzene rings is 1. The van der Waals surface area contributed by atoms with Crippen molar-refractivity contribution in [1.29, 1.82) is 0 Å². The van der Waals surface area contributed by atoms with Crippen molar-refractivity contribution in [1.82, 2.24) is 4.90 Å². The van der Waals surface area contributed by atoms with Gasteiger partial charge in [-0.2, -0.15) is 0 Å². The Balaban J connectivity index is 2.94. The molecule has 1 aromatic rings. The highest BCUT2D eigenvalue weighted by Crippen LogP contribution is 2.22. The summed E-state index contributed by atoms with van der Waals surface area (Å²) in [6.45, 7) is 4.22. The summed E-state index contributed by atoms with van der Waals surface area (Å²) in [6, 6.07) is 4.37. The molecule has 1 unspecified atom stereocenters. The van der Waals surface area contributed by atoms with Crippen molar-refractivity contribution in [3.8, 4) is 5.75 Å². The van der Waals surface area contributed by atoms with Gasteiger partial charge in [0.1, 0.15) is 11.6 Å². The van der Waals surface area contributed by atoms with Gasteiger partial charge in [-0.05, 0) is 31.5 Å². The molecule has 1 rings (SSSR count). The summed E-state index contributed by atoms with van der Waals surface area (Å²) in [5, 5.41) is 8.94. The van der Waals surface area contributed by atoms with Crippen molar-refractivity contribution < 1.29 is 19.0 Å². The van der Waals surface area contributed by atoms with E-state index >= 15 is 0 Å². The number of carbonyl (C=O) groups is 1. The van der Waals surface area contributed by atoms with Crippen LogP contribution in [0.1, 0.15) is 25.8 Å². The van der Waals surface area contributed by atoms with Crippen molar-refractivity contribution in [3.63, 3.8) is 0 Å². The number of hydrogen-bond donors (Lipinski definition) is 1. The SMILES string of the molecule is CCC(C)N(CC(=O)O)Cc1cc(F)ccc1OC. The Morgan fingerprint density at radius 1 is 1.53 bits per heavy atom. The van der Waals surface area contributed by atoms with Gasteiger partial charge in [0.05, 0.1) is 13.7 Å². The smallest absolute Gasteiger partial charge is 0.317 e. The quantitative estimate of drug-likeness (QED) is 0.826. The number of aliphatic carboxylic acids is 1. The maximum absolute atomic E-state index is 13.3. The fraction of sp³-hybridized carbons (Fsp3) is 0.500. The molecular formula is C14H20FNO3. The second-order valence-corrected chi connectivity index (χ2v) is 4.51. The molecule has 0 saturated heterocycles. The van der Waals surface area contributed by atoms with Gasteiger partial charge in [-0.3, -0.25) is 9.69 Å². The van der Waals surface area contributed by atoms with Gasteiger partial charge in [-0.25, -0.2) is 4.39 Å². The van der Waals surface area contributed by atoms with E-state index in [2.05, 4.69) is 0 Å². The van der Waals surface area contributed by atoms with E-state index in [1.165, 1.54) is 19.2 Å². The predicted molar refractivity (Wildman–Crippen MR) is 70.8 cm³/mol. The van der Waals surface area contributed by atoms with Gasteiger partial charge in [0.15, 0.2) is 0 Å². The van der Waals surface area contributed by atoms with Crippen LogP contribution in [0.2, 0.25) is 0 Å². The van der Waals surface area contributed by atoms with Crippen LogP contribution in [0.5, 0.6) is 5.75 Å². The first kappa shape index (κ1) is 15.4. The minimum Gasteiger partial charge on any atom is -0.496 e. The first-order chi connectivity index (χ1) is 8.97. The van der Waals surface area contributed by atoms with Gasteiger partial charge in [0.2, 0.25) is 0 Å². The lowest BCUT2D eigenvalue weighted by Crippen LogP contribution is -2.36. The first-order valence-corrected chi connectivity index (χ1v) is 6.26. The van der Waals surface area contributed by atoms with Crippen LogP contribution in [0.3, 0.4) is 0 Å². The molecule has 4 nitrogen and oxygen atoms in total. The second-order valence-electron chi connectivity index (χ2n) is 4.51. The molecule has 0 amide bonds. The van der Waals surface area contributed by atoms with E-state index in [1.54, 1.807) is 11.0 Å². The lowest BCUT2D eigenvalue weighted by atomic mass is 10.1. The van der Waals surface area contributed by atoms with E-state index < -0.39 is 5.97 Å². The van der Waals surface area contributed by atoms with Crippen molar-refractivity contribution >= 4 is 5.97 Å². The topological polar surface area (TPSA) is 49.8 Å². The van der Waals surface area contributed by atoms with E-state index in [0.29, 0.717) is 17.9 Å². The Hall–Kier alpha value is -1.62. The minimum absolute atomic E-state index is 0.0747. The Morgan fingerprint density at radius 2 is 2.21 bits per heavy atom. The first-order valence-electron chi connectivity index (χ1n) is 6.26. The molecule has 0 saturated carbocycles. The summed E-state index contributed by atoms with van der Waals surface area (Å²) in [5.41, 5.74) is 0.657. The van der Waals surface area contributed by atoms with Crippen LogP contribution in [0.15, 0.2) is 18.2 Å². The molecule has 1 N–H and O–H groups in total. The molecule has 5 heteroatoms. The van der Waals surface area contributed by atoms with Gasteiger partial charge >= 0.3 is 5.97 Å². The molecular weight excluding hydrogens is 249 g/mol. The van der Waals surface area contributed by atoms with Gasteiger partial charge in [0, 0.05) is 18.2 Å². The number of carboxylic acids is 1. The van der Waals surface area contributed by atoms with Gasteiger partial charge < -0.3 is 9.84 Å². The van der Waals surface area contributed by atoms with Crippen LogP contribution in [-0.2, 0) is 11.3 Å². The van der Waals surface area contributed by atoms with Crippen molar-refractivity contribution in [2.75, 3.05) is 13.7 Å². The normalized spacial score (nSPS) is 12.5. The fourth-order valence-corrected chi connectivity index (χ4v) is 1.89. The van der Waals surface area contributed by atoms with Crippen LogP contribution in [0.25, 0.3) is 0 Å². The van der Waals surface area contributed by atoms with E-state index in [-0.39, 0.29) is 18.4 Å². The highest BCUT2D eigenvalue weighted by molar-refractivity contribution is 5.69. The van der Waals surface area contributed by atoms with Crippen molar-refractivity contribution in [2.45, 2.75) is 32.9 Å². The average Bonchev–Trinajstić information content (AvgIpc) is 2.36. The third-order valence-electron chi connectivity index (χ3n) is 3.17. The summed E-state index contributed by atoms with van der Waals surface area (Å²) in [4.78, 5) is 12.7. The number of rotatable bonds is 7. The number of ether oxygens (including phenoxy) is 1. The monoisotopic (exact) mass is 269 g/mol. The van der Waals surface area contributed by atoms with Crippen LogP contribution in [0.4, 0.5) is 4.39 Å². The Kier molecular flexibility index (Phi) is 5.76. The number of hydrogen-bond acceptors (Lipinski definition) is 3. The summed E-state index contributed by atoms with van der Waals surface area (Å²) in [7, 11) is 1.52. The summed E-state index contributed by atoms with van der Waals surface area (Å²) in [5.74, 6) is -0.675. The number of carboxylic acid groups (broad SMARTS) is 1. The van der Waals surface area contributed by atoms with E-state index in [0.717, 1.165) is 6.42 Å².